The summed E-state index contributed by atoms with van der Waals surface area (Å²) in [6.45, 7) is 4.07. The molecule has 0 fully saturated rings. The van der Waals surface area contributed by atoms with E-state index >= 15 is 0 Å². The number of nitrogens with one attached hydrogen (secondary N) is 1. The van der Waals surface area contributed by atoms with Crippen LogP contribution in [-0.4, -0.2) is 10.7 Å². The molecule has 0 saturated carbocycles. The van der Waals surface area contributed by atoms with E-state index in [0.717, 1.165) is 27.7 Å². The van der Waals surface area contributed by atoms with Crippen LogP contribution in [0.3, 0.4) is 0 Å². The van der Waals surface area contributed by atoms with E-state index in [9.17, 15) is 0 Å². The molecule has 2 aromatic carbocycles. The van der Waals surface area contributed by atoms with Crippen molar-refractivity contribution < 1.29 is 0 Å². The fourth-order valence-electron chi connectivity index (χ4n) is 2.06. The van der Waals surface area contributed by atoms with Crippen molar-refractivity contribution >= 4 is 22.2 Å². The maximum atomic E-state index is 4.58. The van der Waals surface area contributed by atoms with Crippen LogP contribution in [0.1, 0.15) is 18.1 Å². The van der Waals surface area contributed by atoms with Crippen molar-refractivity contribution in [1.29, 1.82) is 0 Å². The molecule has 0 aliphatic rings. The van der Waals surface area contributed by atoms with E-state index in [-0.39, 0.29) is 0 Å². The molecule has 0 aliphatic heterocycles. The summed E-state index contributed by atoms with van der Waals surface area (Å²) in [5.41, 5.74) is 8.43. The predicted molar refractivity (Wildman–Crippen MR) is 94.6 cm³/mol. The number of hydrazone groups is 1. The van der Waals surface area contributed by atoms with Crippen molar-refractivity contribution in [2.24, 2.45) is 5.10 Å². The summed E-state index contributed by atoms with van der Waals surface area (Å²) >= 11 is 1.56. The van der Waals surface area contributed by atoms with Gasteiger partial charge in [-0.3, -0.25) is 5.43 Å². The standard InChI is InChI=1S/C18H17N3S/c1-13-8-10-16(11-9-13)17-12-22-18(19-17)21-20-14(2)15-6-4-3-5-7-15/h3-12H,1-2H3,(H,19,21)/b20-14+. The molecule has 0 radical (unpaired) electrons. The molecule has 0 atom stereocenters. The molecule has 1 N–H and O–H groups in total. The summed E-state index contributed by atoms with van der Waals surface area (Å²) in [5, 5.41) is 7.24. The number of nitrogens with zero attached hydrogens (tertiary/aromatic N) is 2. The number of aromatic nitrogens is 1. The minimum Gasteiger partial charge on any atom is -0.252 e. The highest BCUT2D eigenvalue weighted by Gasteiger charge is 2.04. The van der Waals surface area contributed by atoms with Crippen molar-refractivity contribution in [2.75, 3.05) is 5.43 Å². The third kappa shape index (κ3) is 3.40. The first kappa shape index (κ1) is 14.5. The Morgan fingerprint density at radius 1 is 1.05 bits per heavy atom. The second kappa shape index (κ2) is 6.54. The van der Waals surface area contributed by atoms with Gasteiger partial charge in [0.1, 0.15) is 0 Å². The molecule has 110 valence electrons. The molecule has 22 heavy (non-hydrogen) atoms. The summed E-state index contributed by atoms with van der Waals surface area (Å²) in [4.78, 5) is 4.58. The number of thiazole rings is 1. The summed E-state index contributed by atoms with van der Waals surface area (Å²) in [7, 11) is 0. The van der Waals surface area contributed by atoms with Crippen molar-refractivity contribution in [3.8, 4) is 11.3 Å². The highest BCUT2D eigenvalue weighted by Crippen LogP contribution is 2.25. The SMILES string of the molecule is C/C(=N\Nc1nc(-c2ccc(C)cc2)cs1)c1ccccc1. The molecule has 0 bridgehead atoms. The molecule has 3 rings (SSSR count). The maximum Gasteiger partial charge on any atom is 0.203 e. The average molecular weight is 307 g/mol. The van der Waals surface area contributed by atoms with Gasteiger partial charge in [0.15, 0.2) is 0 Å². The zero-order valence-corrected chi connectivity index (χ0v) is 13.4. The lowest BCUT2D eigenvalue weighted by Gasteiger charge is -2.00. The fourth-order valence-corrected chi connectivity index (χ4v) is 2.72. The summed E-state index contributed by atoms with van der Waals surface area (Å²) in [6, 6.07) is 18.5. The van der Waals surface area contributed by atoms with Gasteiger partial charge in [-0.25, -0.2) is 4.98 Å². The van der Waals surface area contributed by atoms with Crippen LogP contribution in [0.25, 0.3) is 11.3 Å². The normalized spacial score (nSPS) is 11.5. The van der Waals surface area contributed by atoms with Crippen LogP contribution >= 0.6 is 11.3 Å². The summed E-state index contributed by atoms with van der Waals surface area (Å²) < 4.78 is 0. The predicted octanol–water partition coefficient (Wildman–Crippen LogP) is 4.95. The van der Waals surface area contributed by atoms with Crippen LogP contribution in [0.2, 0.25) is 0 Å². The Hall–Kier alpha value is -2.46. The Balaban J connectivity index is 1.73. The Morgan fingerprint density at radius 3 is 2.50 bits per heavy atom. The van der Waals surface area contributed by atoms with Crippen molar-refractivity contribution in [3.05, 3.63) is 71.1 Å². The molecule has 1 heterocycles. The number of hydrogen-bond donors (Lipinski definition) is 1. The maximum absolute atomic E-state index is 4.58. The van der Waals surface area contributed by atoms with E-state index in [1.165, 1.54) is 5.56 Å². The highest BCUT2D eigenvalue weighted by atomic mass is 32.1. The van der Waals surface area contributed by atoms with Gasteiger partial charge in [-0.15, -0.1) is 11.3 Å². The Morgan fingerprint density at radius 2 is 1.77 bits per heavy atom. The van der Waals surface area contributed by atoms with Crippen LogP contribution < -0.4 is 5.43 Å². The van der Waals surface area contributed by atoms with E-state index in [4.69, 9.17) is 0 Å². The van der Waals surface area contributed by atoms with Crippen LogP contribution in [-0.2, 0) is 0 Å². The van der Waals surface area contributed by atoms with E-state index in [0.29, 0.717) is 0 Å². The smallest absolute Gasteiger partial charge is 0.203 e. The van der Waals surface area contributed by atoms with E-state index in [2.05, 4.69) is 46.7 Å². The molecule has 0 spiro atoms. The van der Waals surface area contributed by atoms with Gasteiger partial charge in [-0.1, -0.05) is 60.2 Å². The molecular formula is C18H17N3S. The van der Waals surface area contributed by atoms with Crippen LogP contribution in [0.5, 0.6) is 0 Å². The van der Waals surface area contributed by atoms with Gasteiger partial charge in [-0.05, 0) is 19.4 Å². The highest BCUT2D eigenvalue weighted by molar-refractivity contribution is 7.14. The van der Waals surface area contributed by atoms with Gasteiger partial charge in [0.05, 0.1) is 11.4 Å². The van der Waals surface area contributed by atoms with Crippen LogP contribution in [0.15, 0.2) is 65.1 Å². The molecule has 3 aromatic rings. The number of benzene rings is 2. The van der Waals surface area contributed by atoms with Crippen LogP contribution in [0, 0.1) is 6.92 Å². The van der Waals surface area contributed by atoms with Gasteiger partial charge in [-0.2, -0.15) is 5.10 Å². The Bertz CT molecular complexity index is 774. The lowest BCUT2D eigenvalue weighted by Crippen LogP contribution is -1.99. The van der Waals surface area contributed by atoms with Crippen molar-refractivity contribution in [2.45, 2.75) is 13.8 Å². The van der Waals surface area contributed by atoms with Crippen molar-refractivity contribution in [3.63, 3.8) is 0 Å². The third-order valence-electron chi connectivity index (χ3n) is 3.36. The molecule has 0 aliphatic carbocycles. The first-order valence-electron chi connectivity index (χ1n) is 7.10. The third-order valence-corrected chi connectivity index (χ3v) is 4.11. The number of anilines is 1. The molecule has 4 heteroatoms. The Kier molecular flexibility index (Phi) is 4.30. The second-order valence-electron chi connectivity index (χ2n) is 5.08. The van der Waals surface area contributed by atoms with E-state index in [1.807, 2.05) is 42.6 Å². The van der Waals surface area contributed by atoms with E-state index in [1.54, 1.807) is 11.3 Å². The lowest BCUT2D eigenvalue weighted by atomic mass is 10.1. The zero-order chi connectivity index (χ0) is 15.4. The molecular weight excluding hydrogens is 290 g/mol. The summed E-state index contributed by atoms with van der Waals surface area (Å²) in [5.74, 6) is 0. The van der Waals surface area contributed by atoms with Gasteiger partial charge in [0, 0.05) is 10.9 Å². The molecule has 3 nitrogen and oxygen atoms in total. The quantitative estimate of drug-likeness (QED) is 0.546. The molecule has 0 saturated heterocycles. The van der Waals surface area contributed by atoms with E-state index < -0.39 is 0 Å². The minimum absolute atomic E-state index is 0.797. The van der Waals surface area contributed by atoms with Gasteiger partial charge in [0.2, 0.25) is 5.13 Å². The van der Waals surface area contributed by atoms with Gasteiger partial charge >= 0.3 is 0 Å². The molecule has 1 aromatic heterocycles. The average Bonchev–Trinajstić information content (AvgIpc) is 3.03. The van der Waals surface area contributed by atoms with Crippen LogP contribution in [0.4, 0.5) is 5.13 Å². The topological polar surface area (TPSA) is 37.3 Å². The molecule has 0 unspecified atom stereocenters. The largest absolute Gasteiger partial charge is 0.252 e. The Labute approximate surface area is 134 Å². The zero-order valence-electron chi connectivity index (χ0n) is 12.6. The lowest BCUT2D eigenvalue weighted by molar-refractivity contribution is 1.27. The van der Waals surface area contributed by atoms with Gasteiger partial charge < -0.3 is 0 Å². The van der Waals surface area contributed by atoms with Gasteiger partial charge in [0.25, 0.3) is 0 Å². The fraction of sp³-hybridized carbons (Fsp3) is 0.111. The second-order valence-corrected chi connectivity index (χ2v) is 5.94. The summed E-state index contributed by atoms with van der Waals surface area (Å²) in [6.07, 6.45) is 0. The van der Waals surface area contributed by atoms with Crippen molar-refractivity contribution in [1.82, 2.24) is 4.98 Å². The number of rotatable bonds is 4. The first-order chi connectivity index (χ1) is 10.7. The monoisotopic (exact) mass is 307 g/mol. The molecule has 0 amide bonds. The minimum atomic E-state index is 0.797. The number of aryl methyl sites for hydroxylation is 1. The number of hydrogen-bond acceptors (Lipinski definition) is 4. The first-order valence-corrected chi connectivity index (χ1v) is 7.98.